The number of benzene rings is 2. The first-order valence-corrected chi connectivity index (χ1v) is 11.6. The van der Waals surface area contributed by atoms with Crippen LogP contribution >= 0.6 is 0 Å². The molecule has 2 saturated heterocycles. The number of carbonyl (C=O) groups is 2. The standard InChI is InChI=1S/C27H31NO6/c1-5-33-19-10-8-18(9-11-19)24-23(25(29)21-13-17(3)22(32-4)14-16(21)2)26(30)27(31)28(24)15-20-7-6-12-34-20/h8-11,13-14,20,24,29H,5-7,12,15H2,1-4H3/b25-23+. The summed E-state index contributed by atoms with van der Waals surface area (Å²) in [5.41, 5.74) is 2.88. The minimum Gasteiger partial charge on any atom is -0.507 e. The largest absolute Gasteiger partial charge is 0.507 e. The maximum atomic E-state index is 13.3. The average Bonchev–Trinajstić information content (AvgIpc) is 3.43. The van der Waals surface area contributed by atoms with Crippen LogP contribution in [-0.2, 0) is 14.3 Å². The highest BCUT2D eigenvalue weighted by Crippen LogP contribution is 2.41. The van der Waals surface area contributed by atoms with E-state index in [1.165, 1.54) is 4.90 Å². The van der Waals surface area contributed by atoms with E-state index in [4.69, 9.17) is 14.2 Å². The number of methoxy groups -OCH3 is 1. The highest BCUT2D eigenvalue weighted by Gasteiger charge is 2.47. The number of aryl methyl sites for hydroxylation is 2. The summed E-state index contributed by atoms with van der Waals surface area (Å²) in [5, 5.41) is 11.4. The van der Waals surface area contributed by atoms with Crippen molar-refractivity contribution in [1.82, 2.24) is 4.90 Å². The van der Waals surface area contributed by atoms with Gasteiger partial charge in [-0.15, -0.1) is 0 Å². The Labute approximate surface area is 199 Å². The Balaban J connectivity index is 1.83. The highest BCUT2D eigenvalue weighted by molar-refractivity contribution is 6.46. The molecule has 0 bridgehead atoms. The Morgan fingerprint density at radius 3 is 2.50 bits per heavy atom. The van der Waals surface area contributed by atoms with Gasteiger partial charge in [-0.25, -0.2) is 0 Å². The fraction of sp³-hybridized carbons (Fsp3) is 0.407. The zero-order chi connectivity index (χ0) is 24.4. The molecule has 1 amide bonds. The van der Waals surface area contributed by atoms with Crippen molar-refractivity contribution in [3.63, 3.8) is 0 Å². The lowest BCUT2D eigenvalue weighted by molar-refractivity contribution is -0.140. The number of ketones is 1. The third-order valence-corrected chi connectivity index (χ3v) is 6.47. The van der Waals surface area contributed by atoms with E-state index < -0.39 is 17.7 Å². The number of amides is 1. The Hall–Kier alpha value is -3.32. The molecule has 2 fully saturated rings. The van der Waals surface area contributed by atoms with Gasteiger partial charge in [-0.3, -0.25) is 9.59 Å². The predicted molar refractivity (Wildman–Crippen MR) is 128 cm³/mol. The molecule has 2 aromatic carbocycles. The molecule has 2 atom stereocenters. The first-order chi connectivity index (χ1) is 16.3. The van der Waals surface area contributed by atoms with Gasteiger partial charge in [0.05, 0.1) is 31.4 Å². The van der Waals surface area contributed by atoms with Gasteiger partial charge in [-0.2, -0.15) is 0 Å². The highest BCUT2D eigenvalue weighted by atomic mass is 16.5. The summed E-state index contributed by atoms with van der Waals surface area (Å²) in [6.45, 7) is 7.09. The number of nitrogens with zero attached hydrogens (tertiary/aromatic N) is 1. The van der Waals surface area contributed by atoms with Crippen molar-refractivity contribution in [1.29, 1.82) is 0 Å². The number of hydrogen-bond donors (Lipinski definition) is 1. The van der Waals surface area contributed by atoms with Crippen LogP contribution in [0.4, 0.5) is 0 Å². The molecule has 0 aliphatic carbocycles. The molecule has 2 heterocycles. The quantitative estimate of drug-likeness (QED) is 0.373. The second kappa shape index (κ2) is 9.89. The van der Waals surface area contributed by atoms with Crippen molar-refractivity contribution in [2.45, 2.75) is 45.8 Å². The lowest BCUT2D eigenvalue weighted by atomic mass is 9.93. The molecule has 4 rings (SSSR count). The van der Waals surface area contributed by atoms with Gasteiger partial charge in [-0.05, 0) is 74.6 Å². The normalized spacial score (nSPS) is 21.8. The van der Waals surface area contributed by atoms with Crippen molar-refractivity contribution < 1.29 is 28.9 Å². The van der Waals surface area contributed by atoms with Crippen molar-refractivity contribution in [3.8, 4) is 11.5 Å². The monoisotopic (exact) mass is 465 g/mol. The molecule has 2 aliphatic rings. The molecule has 7 heteroatoms. The number of carbonyl (C=O) groups excluding carboxylic acids is 2. The minimum atomic E-state index is -0.721. The molecule has 2 unspecified atom stereocenters. The molecule has 1 N–H and O–H groups in total. The van der Waals surface area contributed by atoms with Crippen LogP contribution in [0.25, 0.3) is 5.76 Å². The van der Waals surface area contributed by atoms with E-state index in [0.29, 0.717) is 36.8 Å². The zero-order valence-electron chi connectivity index (χ0n) is 20.1. The maximum Gasteiger partial charge on any atom is 0.295 e. The number of aliphatic hydroxyl groups is 1. The van der Waals surface area contributed by atoms with E-state index >= 15 is 0 Å². The zero-order valence-corrected chi connectivity index (χ0v) is 20.1. The van der Waals surface area contributed by atoms with Crippen molar-refractivity contribution >= 4 is 17.4 Å². The number of likely N-dealkylation sites (tertiary alicyclic amines) is 1. The number of aliphatic hydroxyl groups excluding tert-OH is 1. The van der Waals surface area contributed by atoms with Crippen molar-refractivity contribution in [3.05, 3.63) is 64.2 Å². The molecule has 180 valence electrons. The molecule has 0 radical (unpaired) electrons. The third kappa shape index (κ3) is 4.40. The van der Waals surface area contributed by atoms with Gasteiger partial charge in [0.2, 0.25) is 0 Å². The third-order valence-electron chi connectivity index (χ3n) is 6.47. The molecule has 2 aliphatic heterocycles. The Bertz CT molecular complexity index is 1110. The van der Waals surface area contributed by atoms with E-state index in [2.05, 4.69) is 0 Å². The van der Waals surface area contributed by atoms with Crippen LogP contribution in [0.1, 0.15) is 48.1 Å². The summed E-state index contributed by atoms with van der Waals surface area (Å²) in [6.07, 6.45) is 1.62. The van der Waals surface area contributed by atoms with Gasteiger partial charge in [-0.1, -0.05) is 12.1 Å². The van der Waals surface area contributed by atoms with Gasteiger partial charge >= 0.3 is 0 Å². The fourth-order valence-electron chi connectivity index (χ4n) is 4.75. The first kappa shape index (κ1) is 23.8. The average molecular weight is 466 g/mol. The van der Waals surface area contributed by atoms with E-state index in [-0.39, 0.29) is 17.4 Å². The molecule has 0 saturated carbocycles. The molecule has 0 spiro atoms. The Kier molecular flexibility index (Phi) is 6.93. The van der Waals surface area contributed by atoms with Crippen LogP contribution < -0.4 is 9.47 Å². The number of hydrogen-bond acceptors (Lipinski definition) is 6. The molecule has 2 aromatic rings. The molecule has 34 heavy (non-hydrogen) atoms. The van der Waals surface area contributed by atoms with E-state index in [0.717, 1.165) is 29.5 Å². The molecule has 0 aromatic heterocycles. The second-order valence-corrected chi connectivity index (χ2v) is 8.73. The summed E-state index contributed by atoms with van der Waals surface area (Å²) >= 11 is 0. The van der Waals surface area contributed by atoms with Gasteiger partial charge in [0, 0.05) is 18.7 Å². The Morgan fingerprint density at radius 2 is 1.88 bits per heavy atom. The number of rotatable bonds is 7. The summed E-state index contributed by atoms with van der Waals surface area (Å²) in [5.74, 6) is -0.115. The molecular formula is C27H31NO6. The smallest absolute Gasteiger partial charge is 0.295 e. The van der Waals surface area contributed by atoms with Crippen LogP contribution in [0.15, 0.2) is 42.0 Å². The van der Waals surface area contributed by atoms with Gasteiger partial charge in [0.15, 0.2) is 0 Å². The molecule has 7 nitrogen and oxygen atoms in total. The summed E-state index contributed by atoms with van der Waals surface area (Å²) in [4.78, 5) is 28.0. The van der Waals surface area contributed by atoms with Crippen LogP contribution in [0.3, 0.4) is 0 Å². The maximum absolute atomic E-state index is 13.3. The summed E-state index contributed by atoms with van der Waals surface area (Å²) < 4.78 is 16.7. The van der Waals surface area contributed by atoms with Crippen molar-refractivity contribution in [2.24, 2.45) is 0 Å². The Morgan fingerprint density at radius 1 is 1.15 bits per heavy atom. The van der Waals surface area contributed by atoms with Crippen LogP contribution in [0.5, 0.6) is 11.5 Å². The molecular weight excluding hydrogens is 434 g/mol. The van der Waals surface area contributed by atoms with E-state index in [1.54, 1.807) is 13.2 Å². The van der Waals surface area contributed by atoms with Crippen LogP contribution in [0.2, 0.25) is 0 Å². The van der Waals surface area contributed by atoms with Gasteiger partial charge in [0.25, 0.3) is 11.7 Å². The second-order valence-electron chi connectivity index (χ2n) is 8.73. The number of Topliss-reactive ketones (excluding diaryl/α,β-unsaturated/α-hetero) is 1. The predicted octanol–water partition coefficient (Wildman–Crippen LogP) is 4.31. The summed E-state index contributed by atoms with van der Waals surface area (Å²) in [6, 6.07) is 10.2. The first-order valence-electron chi connectivity index (χ1n) is 11.6. The topological polar surface area (TPSA) is 85.3 Å². The van der Waals surface area contributed by atoms with Crippen molar-refractivity contribution in [2.75, 3.05) is 26.9 Å². The number of ether oxygens (including phenoxy) is 3. The lowest BCUT2D eigenvalue weighted by Crippen LogP contribution is -2.36. The fourth-order valence-corrected chi connectivity index (χ4v) is 4.75. The lowest BCUT2D eigenvalue weighted by Gasteiger charge is -2.27. The van der Waals surface area contributed by atoms with E-state index in [9.17, 15) is 14.7 Å². The minimum absolute atomic E-state index is 0.0832. The van der Waals surface area contributed by atoms with Crippen LogP contribution in [0, 0.1) is 13.8 Å². The van der Waals surface area contributed by atoms with Gasteiger partial charge < -0.3 is 24.2 Å². The van der Waals surface area contributed by atoms with Gasteiger partial charge in [0.1, 0.15) is 17.3 Å². The van der Waals surface area contributed by atoms with Crippen LogP contribution in [-0.4, -0.2) is 54.7 Å². The SMILES string of the molecule is CCOc1ccc(C2/C(=C(\O)c3cc(C)c(OC)cc3C)C(=O)C(=O)N2CC2CCCO2)cc1. The van der Waals surface area contributed by atoms with E-state index in [1.807, 2.05) is 51.1 Å². The summed E-state index contributed by atoms with van der Waals surface area (Å²) in [7, 11) is 1.59.